The Morgan fingerprint density at radius 2 is 1.75 bits per heavy atom. The van der Waals surface area contributed by atoms with Crippen LogP contribution in [0.3, 0.4) is 0 Å². The van der Waals surface area contributed by atoms with Gasteiger partial charge in [-0.15, -0.1) is 0 Å². The van der Waals surface area contributed by atoms with Crippen LogP contribution in [0.5, 0.6) is 0 Å². The molecule has 4 aromatic rings. The second kappa shape index (κ2) is 8.86. The lowest BCUT2D eigenvalue weighted by molar-refractivity contribution is 0.0594. The first-order valence-electron chi connectivity index (χ1n) is 9.29. The van der Waals surface area contributed by atoms with Crippen molar-refractivity contribution in [2.75, 3.05) is 18.9 Å². The van der Waals surface area contributed by atoms with E-state index in [4.69, 9.17) is 13.9 Å². The van der Waals surface area contributed by atoms with Crippen molar-refractivity contribution in [3.8, 4) is 0 Å². The maximum absolute atomic E-state index is 13.2. The first-order chi connectivity index (χ1) is 15.3. The van der Waals surface area contributed by atoms with Crippen molar-refractivity contribution in [2.45, 2.75) is 11.5 Å². The fourth-order valence-electron chi connectivity index (χ4n) is 3.49. The van der Waals surface area contributed by atoms with Crippen LogP contribution >= 0.6 is 31.9 Å². The van der Waals surface area contributed by atoms with Crippen LogP contribution in [0.15, 0.2) is 66.8 Å². The zero-order valence-electron chi connectivity index (χ0n) is 16.9. The van der Waals surface area contributed by atoms with Crippen LogP contribution in [-0.4, -0.2) is 28.6 Å². The molecule has 0 saturated carbocycles. The smallest absolute Gasteiger partial charge is 0.342 e. The van der Waals surface area contributed by atoms with Crippen molar-refractivity contribution in [3.05, 3.63) is 68.8 Å². The third-order valence-corrected chi connectivity index (χ3v) is 7.71. The number of benzene rings is 3. The summed E-state index contributed by atoms with van der Waals surface area (Å²) >= 11 is 6.61. The van der Waals surface area contributed by atoms with E-state index in [2.05, 4.69) is 36.6 Å². The number of nitrogens with one attached hydrogen (secondary N) is 1. The number of esters is 1. The lowest BCUT2D eigenvalue weighted by Crippen LogP contribution is -2.14. The van der Waals surface area contributed by atoms with E-state index in [1.165, 1.54) is 20.3 Å². The molecule has 7 nitrogen and oxygen atoms in total. The van der Waals surface area contributed by atoms with Gasteiger partial charge in [0, 0.05) is 32.2 Å². The monoisotopic (exact) mass is 581 g/mol. The molecule has 0 aliphatic carbocycles. The summed E-state index contributed by atoms with van der Waals surface area (Å²) in [5.41, 5.74) is 0.939. The van der Waals surface area contributed by atoms with Crippen LogP contribution < -0.4 is 4.72 Å². The highest BCUT2D eigenvalue weighted by atomic mass is 79.9. The molecule has 1 aromatic heterocycles. The second-order valence-electron chi connectivity index (χ2n) is 6.85. The summed E-state index contributed by atoms with van der Waals surface area (Å²) in [5, 5.41) is 1.68. The van der Waals surface area contributed by atoms with Crippen molar-refractivity contribution < 1.29 is 27.1 Å². The molecule has 10 heteroatoms. The molecule has 1 N–H and O–H groups in total. The Morgan fingerprint density at radius 1 is 1.03 bits per heavy atom. The first-order valence-corrected chi connectivity index (χ1v) is 12.4. The minimum absolute atomic E-state index is 0.0550. The van der Waals surface area contributed by atoms with Gasteiger partial charge in [0.15, 0.2) is 0 Å². The summed E-state index contributed by atoms with van der Waals surface area (Å²) in [4.78, 5) is 12.6. The zero-order valence-corrected chi connectivity index (χ0v) is 20.9. The molecular weight excluding hydrogens is 566 g/mol. The van der Waals surface area contributed by atoms with E-state index >= 15 is 0 Å². The first kappa shape index (κ1) is 22.8. The molecule has 0 spiro atoms. The quantitative estimate of drug-likeness (QED) is 0.287. The Morgan fingerprint density at radius 3 is 2.44 bits per heavy atom. The normalized spacial score (nSPS) is 11.8. The summed E-state index contributed by atoms with van der Waals surface area (Å²) < 4.78 is 46.2. The molecule has 0 fully saturated rings. The van der Waals surface area contributed by atoms with Gasteiger partial charge in [-0.05, 0) is 40.2 Å². The van der Waals surface area contributed by atoms with Crippen LogP contribution in [0.1, 0.15) is 16.1 Å². The third kappa shape index (κ3) is 4.03. The maximum atomic E-state index is 13.2. The summed E-state index contributed by atoms with van der Waals surface area (Å²) in [7, 11) is -1.21. The molecule has 3 aromatic carbocycles. The number of rotatable bonds is 6. The van der Waals surface area contributed by atoms with Crippen molar-refractivity contribution in [1.29, 1.82) is 0 Å². The largest absolute Gasteiger partial charge is 0.465 e. The number of hydrogen-bond acceptors (Lipinski definition) is 6. The van der Waals surface area contributed by atoms with Crippen LogP contribution in [0.25, 0.3) is 21.7 Å². The molecule has 0 atom stereocenters. The number of carbonyl (C=O) groups excluding carboxylic acids is 1. The number of sulfonamides is 1. The van der Waals surface area contributed by atoms with Crippen molar-refractivity contribution in [3.63, 3.8) is 0 Å². The summed E-state index contributed by atoms with van der Waals surface area (Å²) in [5.74, 6) is -0.302. The Kier molecular flexibility index (Phi) is 6.30. The van der Waals surface area contributed by atoms with Crippen LogP contribution in [0.4, 0.5) is 5.69 Å². The van der Waals surface area contributed by atoms with E-state index in [0.29, 0.717) is 42.1 Å². The van der Waals surface area contributed by atoms with Gasteiger partial charge >= 0.3 is 5.97 Å². The van der Waals surface area contributed by atoms with E-state index in [-0.39, 0.29) is 17.1 Å². The molecule has 0 amide bonds. The molecule has 0 saturated heterocycles. The topological polar surface area (TPSA) is 94.8 Å². The SMILES string of the molecule is COCc1oc2c(cc(NS(=O)(=O)c3cc(Br)ccc3Br)c3ccccc32)c1C(=O)OC. The van der Waals surface area contributed by atoms with E-state index < -0.39 is 16.0 Å². The molecule has 0 aliphatic rings. The number of ether oxygens (including phenoxy) is 2. The number of carbonyl (C=O) groups is 1. The predicted octanol–water partition coefficient (Wildman–Crippen LogP) is 5.84. The van der Waals surface area contributed by atoms with Gasteiger partial charge in [0.1, 0.15) is 28.4 Å². The molecule has 32 heavy (non-hydrogen) atoms. The van der Waals surface area contributed by atoms with Gasteiger partial charge in [-0.2, -0.15) is 0 Å². The van der Waals surface area contributed by atoms with E-state index in [0.717, 1.165) is 0 Å². The Balaban J connectivity index is 1.98. The number of hydrogen-bond donors (Lipinski definition) is 1. The van der Waals surface area contributed by atoms with Crippen LogP contribution in [0, 0.1) is 0 Å². The summed E-state index contributed by atoms with van der Waals surface area (Å²) in [6, 6.07) is 13.6. The van der Waals surface area contributed by atoms with Crippen molar-refractivity contribution in [2.24, 2.45) is 0 Å². The fourth-order valence-corrected chi connectivity index (χ4v) is 6.07. The molecule has 0 aliphatic heterocycles. The van der Waals surface area contributed by atoms with Gasteiger partial charge < -0.3 is 13.9 Å². The third-order valence-electron chi connectivity index (χ3n) is 4.86. The lowest BCUT2D eigenvalue weighted by Gasteiger charge is -2.13. The Bertz CT molecular complexity index is 1460. The Hall–Kier alpha value is -2.40. The average Bonchev–Trinajstić information content (AvgIpc) is 3.13. The number of fused-ring (bicyclic) bond motifs is 3. The fraction of sp³-hybridized carbons (Fsp3) is 0.136. The van der Waals surface area contributed by atoms with E-state index in [9.17, 15) is 13.2 Å². The average molecular weight is 583 g/mol. The Labute approximate surface area is 201 Å². The van der Waals surface area contributed by atoms with Crippen molar-refractivity contribution in [1.82, 2.24) is 0 Å². The minimum atomic E-state index is -3.97. The van der Waals surface area contributed by atoms with E-state index in [1.807, 2.05) is 0 Å². The maximum Gasteiger partial charge on any atom is 0.342 e. The van der Waals surface area contributed by atoms with Gasteiger partial charge in [-0.3, -0.25) is 4.72 Å². The van der Waals surface area contributed by atoms with Gasteiger partial charge in [0.05, 0.1) is 12.8 Å². The standard InChI is InChI=1S/C22H17Br2NO6S/c1-29-11-18-20(22(26)30-2)15-10-17(13-5-3-4-6-14(13)21(15)31-18)25-32(27,28)19-9-12(23)7-8-16(19)24/h3-10,25H,11H2,1-2H3. The predicted molar refractivity (Wildman–Crippen MR) is 128 cm³/mol. The lowest BCUT2D eigenvalue weighted by atomic mass is 10.0. The van der Waals surface area contributed by atoms with E-state index in [1.54, 1.807) is 42.5 Å². The number of halogens is 2. The van der Waals surface area contributed by atoms with Crippen molar-refractivity contribution >= 4 is 75.3 Å². The number of furan rings is 1. The number of methoxy groups -OCH3 is 2. The molecule has 0 radical (unpaired) electrons. The molecule has 1 heterocycles. The van der Waals surface area contributed by atoms with Crippen LogP contribution in [-0.2, 0) is 26.1 Å². The molecule has 4 rings (SSSR count). The molecule has 0 bridgehead atoms. The minimum Gasteiger partial charge on any atom is -0.465 e. The second-order valence-corrected chi connectivity index (χ2v) is 10.3. The highest BCUT2D eigenvalue weighted by Crippen LogP contribution is 2.38. The number of anilines is 1. The highest BCUT2D eigenvalue weighted by molar-refractivity contribution is 9.11. The molecular formula is C22H17Br2NO6S. The van der Waals surface area contributed by atoms with Gasteiger partial charge in [0.25, 0.3) is 10.0 Å². The summed E-state index contributed by atoms with van der Waals surface area (Å²) in [6.07, 6.45) is 0. The van der Waals surface area contributed by atoms with Gasteiger partial charge in [0.2, 0.25) is 0 Å². The molecule has 0 unspecified atom stereocenters. The summed E-state index contributed by atoms with van der Waals surface area (Å²) in [6.45, 7) is 0.0550. The highest BCUT2D eigenvalue weighted by Gasteiger charge is 2.26. The van der Waals surface area contributed by atoms with Crippen LogP contribution in [0.2, 0.25) is 0 Å². The zero-order chi connectivity index (χ0) is 23.0. The van der Waals surface area contributed by atoms with Gasteiger partial charge in [-0.1, -0.05) is 40.2 Å². The molecule has 166 valence electrons. The van der Waals surface area contributed by atoms with Gasteiger partial charge in [-0.25, -0.2) is 13.2 Å².